The van der Waals surface area contributed by atoms with Crippen molar-refractivity contribution in [3.8, 4) is 0 Å². The first-order chi connectivity index (χ1) is 14.0. The van der Waals surface area contributed by atoms with Crippen molar-refractivity contribution in [2.45, 2.75) is 52.0 Å². The van der Waals surface area contributed by atoms with Gasteiger partial charge in [0.2, 0.25) is 11.8 Å². The van der Waals surface area contributed by atoms with E-state index in [1.54, 1.807) is 0 Å². The van der Waals surface area contributed by atoms with E-state index in [1.165, 1.54) is 0 Å². The van der Waals surface area contributed by atoms with E-state index in [2.05, 4.69) is 5.32 Å². The minimum Gasteiger partial charge on any atom is -0.354 e. The van der Waals surface area contributed by atoms with Crippen LogP contribution in [0, 0.1) is 11.8 Å². The minimum atomic E-state index is -0.166. The number of hydrogen-bond donors (Lipinski definition) is 1. The molecule has 1 saturated carbocycles. The average Bonchev–Trinajstić information content (AvgIpc) is 3.17. The van der Waals surface area contributed by atoms with Crippen molar-refractivity contribution in [2.24, 2.45) is 11.8 Å². The number of fused-ring (bicyclic) bond motifs is 1. The highest BCUT2D eigenvalue weighted by molar-refractivity contribution is 5.95. The first-order valence-corrected chi connectivity index (χ1v) is 10.9. The van der Waals surface area contributed by atoms with Gasteiger partial charge in [0.1, 0.15) is 0 Å². The molecule has 1 aliphatic heterocycles. The molecule has 3 amide bonds. The number of hydrogen-bond acceptors (Lipinski definition) is 3. The fourth-order valence-electron chi connectivity index (χ4n) is 4.50. The van der Waals surface area contributed by atoms with Gasteiger partial charge in [-0.3, -0.25) is 14.4 Å². The highest BCUT2D eigenvalue weighted by atomic mass is 16.2. The number of carbonyl (C=O) groups excluding carboxylic acids is 3. The fraction of sp³-hybridized carbons (Fsp3) is 0.609. The van der Waals surface area contributed by atoms with E-state index >= 15 is 0 Å². The number of nitrogens with one attached hydrogen (secondary N) is 1. The summed E-state index contributed by atoms with van der Waals surface area (Å²) in [5.74, 6) is 0.243. The van der Waals surface area contributed by atoms with Crippen molar-refractivity contribution in [3.05, 3.63) is 35.9 Å². The first kappa shape index (κ1) is 21.3. The predicted octanol–water partition coefficient (Wildman–Crippen LogP) is 2.69. The third-order valence-corrected chi connectivity index (χ3v) is 5.94. The summed E-state index contributed by atoms with van der Waals surface area (Å²) in [4.78, 5) is 42.4. The van der Waals surface area contributed by atoms with Gasteiger partial charge in [-0.15, -0.1) is 0 Å². The second-order valence-corrected chi connectivity index (χ2v) is 8.59. The van der Waals surface area contributed by atoms with Crippen LogP contribution in [0.4, 0.5) is 0 Å². The molecular weight excluding hydrogens is 366 g/mol. The second-order valence-electron chi connectivity index (χ2n) is 8.59. The van der Waals surface area contributed by atoms with E-state index in [0.717, 1.165) is 25.7 Å². The zero-order valence-electron chi connectivity index (χ0n) is 17.6. The molecule has 1 saturated heterocycles. The molecule has 2 aliphatic rings. The first-order valence-electron chi connectivity index (χ1n) is 10.9. The summed E-state index contributed by atoms with van der Waals surface area (Å²) in [5.41, 5.74) is 0.654. The summed E-state index contributed by atoms with van der Waals surface area (Å²) in [6.45, 7) is 6.24. The molecule has 6 heteroatoms. The van der Waals surface area contributed by atoms with Crippen LogP contribution < -0.4 is 5.32 Å². The standard InChI is InChI=1S/C23H33N3O3/c1-17(2)16-21(27)25-13-7-14-26(23(29)18-8-4-3-5-9-18)20-11-6-10-19(20)22(28)24-12-15-25/h3-5,8-9,17,19-20H,6-7,10-16H2,1-2H3,(H,24,28). The van der Waals surface area contributed by atoms with Crippen molar-refractivity contribution in [1.82, 2.24) is 15.1 Å². The Morgan fingerprint density at radius 1 is 1.07 bits per heavy atom. The van der Waals surface area contributed by atoms with Gasteiger partial charge in [0.25, 0.3) is 5.91 Å². The lowest BCUT2D eigenvalue weighted by molar-refractivity contribution is -0.132. The van der Waals surface area contributed by atoms with Crippen LogP contribution in [0.25, 0.3) is 0 Å². The Hall–Kier alpha value is -2.37. The van der Waals surface area contributed by atoms with Crippen molar-refractivity contribution in [1.29, 1.82) is 0 Å². The van der Waals surface area contributed by atoms with Crippen LogP contribution in [0.1, 0.15) is 56.3 Å². The smallest absolute Gasteiger partial charge is 0.254 e. The van der Waals surface area contributed by atoms with E-state index in [4.69, 9.17) is 0 Å². The number of rotatable bonds is 3. The van der Waals surface area contributed by atoms with Gasteiger partial charge in [-0.2, -0.15) is 0 Å². The quantitative estimate of drug-likeness (QED) is 0.850. The summed E-state index contributed by atoms with van der Waals surface area (Å²) >= 11 is 0. The number of carbonyl (C=O) groups is 3. The fourth-order valence-corrected chi connectivity index (χ4v) is 4.50. The Morgan fingerprint density at radius 3 is 2.55 bits per heavy atom. The lowest BCUT2D eigenvalue weighted by Gasteiger charge is -2.33. The molecule has 2 atom stereocenters. The molecule has 29 heavy (non-hydrogen) atoms. The molecule has 0 radical (unpaired) electrons. The van der Waals surface area contributed by atoms with E-state index in [9.17, 15) is 14.4 Å². The third-order valence-electron chi connectivity index (χ3n) is 5.94. The largest absolute Gasteiger partial charge is 0.354 e. The van der Waals surface area contributed by atoms with Crippen LogP contribution >= 0.6 is 0 Å². The topological polar surface area (TPSA) is 69.7 Å². The third kappa shape index (κ3) is 5.37. The monoisotopic (exact) mass is 399 g/mol. The summed E-state index contributed by atoms with van der Waals surface area (Å²) < 4.78 is 0. The molecule has 158 valence electrons. The molecule has 2 unspecified atom stereocenters. The molecule has 2 fully saturated rings. The van der Waals surface area contributed by atoms with Gasteiger partial charge in [-0.1, -0.05) is 38.5 Å². The molecule has 1 aromatic rings. The van der Waals surface area contributed by atoms with E-state index in [-0.39, 0.29) is 29.7 Å². The lowest BCUT2D eigenvalue weighted by atomic mass is 9.99. The van der Waals surface area contributed by atoms with Gasteiger partial charge in [0.05, 0.1) is 5.92 Å². The van der Waals surface area contributed by atoms with Crippen LogP contribution in [-0.4, -0.2) is 59.7 Å². The maximum Gasteiger partial charge on any atom is 0.254 e. The van der Waals surface area contributed by atoms with Gasteiger partial charge in [-0.25, -0.2) is 0 Å². The van der Waals surface area contributed by atoms with Crippen molar-refractivity contribution in [3.63, 3.8) is 0 Å². The highest BCUT2D eigenvalue weighted by Crippen LogP contribution is 2.31. The Bertz CT molecular complexity index is 719. The molecule has 1 heterocycles. The van der Waals surface area contributed by atoms with Gasteiger partial charge >= 0.3 is 0 Å². The molecular formula is C23H33N3O3. The molecule has 0 spiro atoms. The summed E-state index contributed by atoms with van der Waals surface area (Å²) in [6, 6.07) is 9.22. The predicted molar refractivity (Wildman–Crippen MR) is 112 cm³/mol. The lowest BCUT2D eigenvalue weighted by Crippen LogP contribution is -2.47. The molecule has 1 aromatic carbocycles. The Labute approximate surface area is 173 Å². The van der Waals surface area contributed by atoms with E-state index in [1.807, 2.05) is 54.0 Å². The minimum absolute atomic E-state index is 0.0107. The van der Waals surface area contributed by atoms with E-state index < -0.39 is 0 Å². The Balaban J connectivity index is 1.80. The van der Waals surface area contributed by atoms with Gasteiger partial charge in [-0.05, 0) is 37.3 Å². The summed E-state index contributed by atoms with van der Waals surface area (Å²) in [5, 5.41) is 3.02. The van der Waals surface area contributed by atoms with E-state index in [0.29, 0.717) is 44.1 Å². The SMILES string of the molecule is CC(C)CC(=O)N1CCCN(C(=O)c2ccccc2)C2CCCC2C(=O)NCC1. The Kier molecular flexibility index (Phi) is 7.29. The summed E-state index contributed by atoms with van der Waals surface area (Å²) in [7, 11) is 0. The van der Waals surface area contributed by atoms with Gasteiger partial charge < -0.3 is 15.1 Å². The van der Waals surface area contributed by atoms with Crippen molar-refractivity contribution >= 4 is 17.7 Å². The molecule has 1 N–H and O–H groups in total. The van der Waals surface area contributed by atoms with Crippen LogP contribution in [0.5, 0.6) is 0 Å². The van der Waals surface area contributed by atoms with Gasteiger partial charge in [0.15, 0.2) is 0 Å². The van der Waals surface area contributed by atoms with Gasteiger partial charge in [0, 0.05) is 44.2 Å². The zero-order valence-corrected chi connectivity index (χ0v) is 17.6. The number of nitrogens with zero attached hydrogens (tertiary/aromatic N) is 2. The molecule has 1 aliphatic carbocycles. The maximum atomic E-state index is 13.3. The van der Waals surface area contributed by atoms with Crippen LogP contribution in [0.15, 0.2) is 30.3 Å². The number of amides is 3. The van der Waals surface area contributed by atoms with Crippen molar-refractivity contribution < 1.29 is 14.4 Å². The molecule has 0 aromatic heterocycles. The molecule has 0 bridgehead atoms. The molecule has 3 rings (SSSR count). The van der Waals surface area contributed by atoms with Crippen molar-refractivity contribution in [2.75, 3.05) is 26.2 Å². The van der Waals surface area contributed by atoms with Crippen LogP contribution in [0.2, 0.25) is 0 Å². The zero-order chi connectivity index (χ0) is 20.8. The summed E-state index contributed by atoms with van der Waals surface area (Å²) in [6.07, 6.45) is 3.85. The average molecular weight is 400 g/mol. The number of benzene rings is 1. The normalized spacial score (nSPS) is 23.3. The Morgan fingerprint density at radius 2 is 1.83 bits per heavy atom. The highest BCUT2D eigenvalue weighted by Gasteiger charge is 2.39. The van der Waals surface area contributed by atoms with Crippen LogP contribution in [-0.2, 0) is 9.59 Å². The molecule has 6 nitrogen and oxygen atoms in total. The second kappa shape index (κ2) is 9.90. The van der Waals surface area contributed by atoms with Crippen LogP contribution in [0.3, 0.4) is 0 Å². The maximum absolute atomic E-state index is 13.3.